The number of hydrogen-bond acceptors (Lipinski definition) is 3. The van der Waals surface area contributed by atoms with Crippen LogP contribution in [0.25, 0.3) is 0 Å². The number of pyridine rings is 1. The van der Waals surface area contributed by atoms with Crippen molar-refractivity contribution in [3.63, 3.8) is 0 Å². The maximum atomic E-state index is 11.0. The summed E-state index contributed by atoms with van der Waals surface area (Å²) in [6.45, 7) is -0.519. The Bertz CT molecular complexity index is 501. The van der Waals surface area contributed by atoms with Crippen LogP contribution in [0.4, 0.5) is 0 Å². The van der Waals surface area contributed by atoms with Gasteiger partial charge in [-0.1, -0.05) is 0 Å². The molecule has 0 saturated heterocycles. The Morgan fingerprint density at radius 1 is 1.12 bits per heavy atom. The molecule has 0 atom stereocenters. The molecule has 1 rings (SSSR count). The minimum Gasteiger partial charge on any atom is -0.353 e. The summed E-state index contributed by atoms with van der Waals surface area (Å²) in [5, 5.41) is 5.31. The van der Waals surface area contributed by atoms with Crippen molar-refractivity contribution in [3.05, 3.63) is 29.9 Å². The zero-order valence-corrected chi connectivity index (χ0v) is 10.3. The van der Waals surface area contributed by atoms with Crippen LogP contribution < -0.4 is 5.36 Å². The quantitative estimate of drug-likeness (QED) is 0.477. The summed E-state index contributed by atoms with van der Waals surface area (Å²) < 4.78 is 23.2. The fourth-order valence-corrected chi connectivity index (χ4v) is 3.55. The van der Waals surface area contributed by atoms with Crippen molar-refractivity contribution < 1.29 is 28.7 Å². The molecule has 0 radical (unpaired) electrons. The predicted molar refractivity (Wildman–Crippen MR) is 58.2 cm³/mol. The molecule has 0 fully saturated rings. The number of rotatable bonds is 4. The molecule has 8 nitrogen and oxygen atoms in total. The number of nitrogens with zero attached hydrogens (tertiary/aromatic N) is 1. The zero-order chi connectivity index (χ0) is 13.3. The molecule has 0 amide bonds. The second-order valence-corrected chi connectivity index (χ2v) is 7.45. The molecule has 0 bridgehead atoms. The predicted octanol–water partition coefficient (Wildman–Crippen LogP) is -0.351. The van der Waals surface area contributed by atoms with Crippen LogP contribution in [-0.2, 0) is 15.7 Å². The first-order chi connectivity index (χ1) is 7.60. The molecule has 17 heavy (non-hydrogen) atoms. The van der Waals surface area contributed by atoms with E-state index >= 15 is 0 Å². The zero-order valence-electron chi connectivity index (χ0n) is 8.54. The Balaban J connectivity index is 3.04. The highest BCUT2D eigenvalue weighted by Gasteiger charge is 2.43. The average Bonchev–Trinajstić information content (AvgIpc) is 2.13. The number of nitrogens with one attached hydrogen (secondary N) is 1. The fraction of sp³-hybridized carbons (Fsp3) is 0.286. The van der Waals surface area contributed by atoms with Gasteiger partial charge in [-0.15, -0.1) is 0 Å². The minimum atomic E-state index is -4.91. The molecule has 0 unspecified atom stereocenters. The molecule has 0 aromatic carbocycles. The van der Waals surface area contributed by atoms with Crippen LogP contribution in [0.2, 0.25) is 0 Å². The van der Waals surface area contributed by atoms with E-state index in [9.17, 15) is 9.13 Å². The van der Waals surface area contributed by atoms with Gasteiger partial charge in [-0.05, 0) is 12.1 Å². The Hall–Kier alpha value is -0.750. The van der Waals surface area contributed by atoms with E-state index in [4.69, 9.17) is 25.0 Å². The standard InChI is InChI=1S/C7H12N2O6P2/c8-6-1-3-9(4-2-6)5-7(16(10,11)12)17(13,14)15/h1-4,7-8H,5H2,(H2,10,11,12)(H2,13,14,15). The molecule has 0 aliphatic heterocycles. The lowest BCUT2D eigenvalue weighted by atomic mass is 10.4. The van der Waals surface area contributed by atoms with Gasteiger partial charge < -0.3 is 29.6 Å². The van der Waals surface area contributed by atoms with E-state index in [0.717, 1.165) is 0 Å². The van der Waals surface area contributed by atoms with Crippen LogP contribution in [0.5, 0.6) is 0 Å². The molecular formula is C7H12N2O6P2. The van der Waals surface area contributed by atoms with Gasteiger partial charge in [0.1, 0.15) is 0 Å². The van der Waals surface area contributed by atoms with Crippen LogP contribution in [0.1, 0.15) is 0 Å². The van der Waals surface area contributed by atoms with E-state index in [0.29, 0.717) is 0 Å². The van der Waals surface area contributed by atoms with Crippen LogP contribution in [0, 0.1) is 5.41 Å². The number of aromatic nitrogens is 1. The van der Waals surface area contributed by atoms with Crippen LogP contribution in [0.3, 0.4) is 0 Å². The second kappa shape index (κ2) is 4.86. The Morgan fingerprint density at radius 2 is 1.53 bits per heavy atom. The second-order valence-electron chi connectivity index (χ2n) is 3.44. The molecule has 0 saturated carbocycles. The maximum Gasteiger partial charge on any atom is 0.342 e. The molecule has 96 valence electrons. The average molecular weight is 282 g/mol. The highest BCUT2D eigenvalue weighted by Crippen LogP contribution is 2.60. The molecule has 10 heteroatoms. The molecule has 5 N–H and O–H groups in total. The van der Waals surface area contributed by atoms with E-state index in [1.54, 1.807) is 0 Å². The summed E-state index contributed by atoms with van der Waals surface area (Å²) in [6.07, 6.45) is 2.64. The lowest BCUT2D eigenvalue weighted by Gasteiger charge is -2.20. The first kappa shape index (κ1) is 14.3. The SMILES string of the molecule is N=c1ccn(CC(P(=O)(O)O)P(=O)(O)O)cc1. The van der Waals surface area contributed by atoms with Crippen molar-refractivity contribution in [1.82, 2.24) is 4.57 Å². The third kappa shape index (κ3) is 4.20. The Morgan fingerprint density at radius 3 is 1.88 bits per heavy atom. The van der Waals surface area contributed by atoms with Gasteiger partial charge in [0.15, 0.2) is 5.40 Å². The van der Waals surface area contributed by atoms with Gasteiger partial charge in [0.05, 0.1) is 5.36 Å². The first-order valence-corrected chi connectivity index (χ1v) is 7.78. The minimum absolute atomic E-state index is 0.185. The van der Waals surface area contributed by atoms with Crippen molar-refractivity contribution in [3.8, 4) is 0 Å². The fourth-order valence-electron chi connectivity index (χ4n) is 1.18. The van der Waals surface area contributed by atoms with E-state index in [-0.39, 0.29) is 5.36 Å². The summed E-state index contributed by atoms with van der Waals surface area (Å²) in [5.41, 5.74) is 0. The van der Waals surface area contributed by atoms with Crippen LogP contribution in [-0.4, -0.2) is 29.5 Å². The highest BCUT2D eigenvalue weighted by atomic mass is 31.2. The lowest BCUT2D eigenvalue weighted by molar-refractivity contribution is 0.332. The van der Waals surface area contributed by atoms with Gasteiger partial charge >= 0.3 is 15.2 Å². The molecule has 0 aliphatic rings. The Labute approximate surface area is 96.4 Å². The van der Waals surface area contributed by atoms with Gasteiger partial charge in [-0.3, -0.25) is 9.13 Å². The molecule has 1 aromatic heterocycles. The van der Waals surface area contributed by atoms with E-state index < -0.39 is 27.1 Å². The van der Waals surface area contributed by atoms with Gasteiger partial charge in [0.2, 0.25) is 0 Å². The third-order valence-electron chi connectivity index (χ3n) is 2.04. The number of hydrogen-bond donors (Lipinski definition) is 5. The molecule has 0 aliphatic carbocycles. The normalized spacial score (nSPS) is 13.0. The van der Waals surface area contributed by atoms with E-state index in [1.807, 2.05) is 0 Å². The van der Waals surface area contributed by atoms with Crippen molar-refractivity contribution >= 4 is 15.2 Å². The summed E-state index contributed by atoms with van der Waals surface area (Å²) in [6, 6.07) is 2.69. The molecule has 1 heterocycles. The largest absolute Gasteiger partial charge is 0.353 e. The lowest BCUT2D eigenvalue weighted by Crippen LogP contribution is -2.18. The third-order valence-corrected chi connectivity index (χ3v) is 5.73. The van der Waals surface area contributed by atoms with E-state index in [2.05, 4.69) is 0 Å². The van der Waals surface area contributed by atoms with Crippen molar-refractivity contribution in [2.75, 3.05) is 0 Å². The van der Waals surface area contributed by atoms with Gasteiger partial charge in [0, 0.05) is 18.9 Å². The summed E-state index contributed by atoms with van der Waals surface area (Å²) >= 11 is 0. The van der Waals surface area contributed by atoms with Crippen molar-refractivity contribution in [1.29, 1.82) is 5.41 Å². The van der Waals surface area contributed by atoms with Crippen molar-refractivity contribution in [2.24, 2.45) is 0 Å². The Kier molecular flexibility index (Phi) is 4.09. The van der Waals surface area contributed by atoms with Crippen LogP contribution >= 0.6 is 15.2 Å². The first-order valence-electron chi connectivity index (χ1n) is 4.42. The molecule has 0 spiro atoms. The maximum absolute atomic E-state index is 11.0. The van der Waals surface area contributed by atoms with Crippen LogP contribution in [0.15, 0.2) is 24.5 Å². The highest BCUT2D eigenvalue weighted by molar-refractivity contribution is 7.70. The summed E-state index contributed by atoms with van der Waals surface area (Å²) in [7, 11) is -9.81. The molecule has 1 aromatic rings. The monoisotopic (exact) mass is 282 g/mol. The molecular weight excluding hydrogens is 270 g/mol. The topological polar surface area (TPSA) is 144 Å². The smallest absolute Gasteiger partial charge is 0.342 e. The van der Waals surface area contributed by atoms with Gasteiger partial charge in [-0.2, -0.15) is 0 Å². The van der Waals surface area contributed by atoms with Gasteiger partial charge in [0.25, 0.3) is 0 Å². The van der Waals surface area contributed by atoms with Crippen molar-refractivity contribution in [2.45, 2.75) is 11.9 Å². The summed E-state index contributed by atoms with van der Waals surface area (Å²) in [4.78, 5) is 35.6. The van der Waals surface area contributed by atoms with E-state index in [1.165, 1.54) is 29.1 Å². The van der Waals surface area contributed by atoms with Gasteiger partial charge in [-0.25, -0.2) is 0 Å². The summed E-state index contributed by atoms with van der Waals surface area (Å²) in [5.74, 6) is 0.